The van der Waals surface area contributed by atoms with Crippen LogP contribution in [0.1, 0.15) is 54.8 Å². The molecule has 0 aliphatic carbocycles. The van der Waals surface area contributed by atoms with E-state index < -0.39 is 0 Å². The van der Waals surface area contributed by atoms with E-state index in [4.69, 9.17) is 0 Å². The molecule has 1 aliphatic rings. The van der Waals surface area contributed by atoms with Gasteiger partial charge in [-0.2, -0.15) is 0 Å². The number of nitrogens with zero attached hydrogens (tertiary/aromatic N) is 6. The molecular formula is C21H26N6OS. The summed E-state index contributed by atoms with van der Waals surface area (Å²) in [7, 11) is 0. The van der Waals surface area contributed by atoms with E-state index in [1.165, 1.54) is 0 Å². The molecule has 0 bridgehead atoms. The number of imidazole rings is 1. The number of carbonyl (C=O) groups is 1. The molecule has 1 aliphatic heterocycles. The fourth-order valence-corrected chi connectivity index (χ4v) is 4.45. The Hall–Kier alpha value is -2.61. The number of amides is 1. The molecular weight excluding hydrogens is 384 g/mol. The Morgan fingerprint density at radius 2 is 2.17 bits per heavy atom. The quantitative estimate of drug-likeness (QED) is 0.599. The normalized spacial score (nSPS) is 17.1. The van der Waals surface area contributed by atoms with E-state index in [1.54, 1.807) is 24.3 Å². The van der Waals surface area contributed by atoms with Gasteiger partial charge in [0.15, 0.2) is 5.16 Å². The predicted octanol–water partition coefficient (Wildman–Crippen LogP) is 3.79. The number of thioether (sulfide) groups is 1. The van der Waals surface area contributed by atoms with Crippen LogP contribution in [-0.2, 0) is 0 Å². The molecule has 1 atom stereocenters. The molecule has 3 aromatic rings. The van der Waals surface area contributed by atoms with Crippen molar-refractivity contribution in [3.05, 3.63) is 54.4 Å². The van der Waals surface area contributed by atoms with Crippen LogP contribution in [-0.4, -0.2) is 54.5 Å². The van der Waals surface area contributed by atoms with Crippen LogP contribution >= 0.6 is 11.8 Å². The molecule has 0 spiro atoms. The molecule has 152 valence electrons. The van der Waals surface area contributed by atoms with Crippen molar-refractivity contribution in [1.82, 2.24) is 29.2 Å². The number of rotatable bonds is 5. The summed E-state index contributed by atoms with van der Waals surface area (Å²) in [5.41, 5.74) is 1.65. The summed E-state index contributed by atoms with van der Waals surface area (Å²) in [6.45, 7) is 5.71. The summed E-state index contributed by atoms with van der Waals surface area (Å²) in [4.78, 5) is 19.6. The van der Waals surface area contributed by atoms with E-state index in [1.807, 2.05) is 46.2 Å². The van der Waals surface area contributed by atoms with Gasteiger partial charge >= 0.3 is 0 Å². The zero-order valence-electron chi connectivity index (χ0n) is 17.0. The molecule has 2 aromatic heterocycles. The molecule has 1 aromatic carbocycles. The lowest BCUT2D eigenvalue weighted by molar-refractivity contribution is 0.0703. The van der Waals surface area contributed by atoms with Gasteiger partial charge in [0.05, 0.1) is 0 Å². The molecule has 1 fully saturated rings. The first-order valence-electron chi connectivity index (χ1n) is 9.95. The van der Waals surface area contributed by atoms with Gasteiger partial charge in [0.25, 0.3) is 5.91 Å². The summed E-state index contributed by atoms with van der Waals surface area (Å²) in [6, 6.07) is 8.08. The minimum atomic E-state index is 0.0676. The van der Waals surface area contributed by atoms with Gasteiger partial charge in [-0.15, -0.1) is 10.2 Å². The first-order valence-corrected chi connectivity index (χ1v) is 11.2. The highest BCUT2D eigenvalue weighted by atomic mass is 32.2. The molecule has 1 amide bonds. The van der Waals surface area contributed by atoms with Crippen molar-refractivity contribution in [2.75, 3.05) is 19.3 Å². The van der Waals surface area contributed by atoms with E-state index in [0.717, 1.165) is 36.1 Å². The molecule has 1 unspecified atom stereocenters. The number of hydrogen-bond acceptors (Lipinski definition) is 5. The average Bonchev–Trinajstić information content (AvgIpc) is 3.43. The summed E-state index contributed by atoms with van der Waals surface area (Å²) < 4.78 is 4.12. The number of benzene rings is 1. The third-order valence-electron chi connectivity index (χ3n) is 5.39. The summed E-state index contributed by atoms with van der Waals surface area (Å²) in [6.07, 6.45) is 9.49. The molecule has 0 N–H and O–H groups in total. The maximum absolute atomic E-state index is 13.3. The molecule has 7 nitrogen and oxygen atoms in total. The van der Waals surface area contributed by atoms with E-state index in [2.05, 4.69) is 33.6 Å². The number of likely N-dealkylation sites (tertiary alicyclic amines) is 1. The highest BCUT2D eigenvalue weighted by Gasteiger charge is 2.29. The van der Waals surface area contributed by atoms with Crippen LogP contribution in [0.3, 0.4) is 0 Å². The molecule has 4 rings (SSSR count). The average molecular weight is 411 g/mol. The van der Waals surface area contributed by atoms with Crippen LogP contribution < -0.4 is 0 Å². The van der Waals surface area contributed by atoms with Crippen LogP contribution in [0.4, 0.5) is 0 Å². The fourth-order valence-electron chi connectivity index (χ4n) is 3.92. The van der Waals surface area contributed by atoms with Crippen LogP contribution in [0.2, 0.25) is 0 Å². The summed E-state index contributed by atoms with van der Waals surface area (Å²) in [5, 5.41) is 9.36. The van der Waals surface area contributed by atoms with E-state index in [9.17, 15) is 4.79 Å². The molecule has 0 radical (unpaired) electrons. The van der Waals surface area contributed by atoms with Crippen LogP contribution in [0.5, 0.6) is 0 Å². The van der Waals surface area contributed by atoms with Gasteiger partial charge in [-0.3, -0.25) is 9.36 Å². The van der Waals surface area contributed by atoms with Crippen molar-refractivity contribution < 1.29 is 4.79 Å². The zero-order chi connectivity index (χ0) is 20.4. The van der Waals surface area contributed by atoms with Gasteiger partial charge in [-0.1, -0.05) is 17.8 Å². The summed E-state index contributed by atoms with van der Waals surface area (Å²) >= 11 is 1.58. The van der Waals surface area contributed by atoms with Gasteiger partial charge in [-0.25, -0.2) is 4.98 Å². The first-order chi connectivity index (χ1) is 14.1. The predicted molar refractivity (Wildman–Crippen MR) is 114 cm³/mol. The number of hydrogen-bond donors (Lipinski definition) is 0. The van der Waals surface area contributed by atoms with Gasteiger partial charge in [-0.05, 0) is 51.1 Å². The van der Waals surface area contributed by atoms with Gasteiger partial charge in [0.2, 0.25) is 0 Å². The second kappa shape index (κ2) is 8.41. The van der Waals surface area contributed by atoms with Crippen molar-refractivity contribution in [3.63, 3.8) is 0 Å². The lowest BCUT2D eigenvalue weighted by Gasteiger charge is -2.33. The van der Waals surface area contributed by atoms with Crippen molar-refractivity contribution in [2.45, 2.75) is 43.8 Å². The maximum atomic E-state index is 13.3. The number of carbonyl (C=O) groups excluding carboxylic acids is 1. The Morgan fingerprint density at radius 3 is 2.97 bits per heavy atom. The Bertz CT molecular complexity index is 994. The van der Waals surface area contributed by atoms with Crippen LogP contribution in [0.15, 0.2) is 48.1 Å². The Kier molecular flexibility index (Phi) is 5.71. The Labute approximate surface area is 175 Å². The monoisotopic (exact) mass is 410 g/mol. The minimum Gasteiger partial charge on any atom is -0.338 e. The van der Waals surface area contributed by atoms with E-state index >= 15 is 0 Å². The molecule has 1 saturated heterocycles. The fraction of sp³-hybridized carbons (Fsp3) is 0.429. The molecule has 0 saturated carbocycles. The van der Waals surface area contributed by atoms with Crippen molar-refractivity contribution in [3.8, 4) is 5.69 Å². The van der Waals surface area contributed by atoms with Crippen LogP contribution in [0, 0.1) is 0 Å². The lowest BCUT2D eigenvalue weighted by Crippen LogP contribution is -2.39. The van der Waals surface area contributed by atoms with Crippen molar-refractivity contribution in [2.24, 2.45) is 0 Å². The highest BCUT2D eigenvalue weighted by molar-refractivity contribution is 7.98. The minimum absolute atomic E-state index is 0.0676. The molecule has 29 heavy (non-hydrogen) atoms. The highest BCUT2D eigenvalue weighted by Crippen LogP contribution is 2.28. The Balaban J connectivity index is 1.55. The van der Waals surface area contributed by atoms with E-state index in [-0.39, 0.29) is 11.8 Å². The number of aromatic nitrogens is 5. The van der Waals surface area contributed by atoms with Crippen LogP contribution in [0.25, 0.3) is 5.69 Å². The second-order valence-electron chi connectivity index (χ2n) is 7.61. The molecule has 8 heteroatoms. The van der Waals surface area contributed by atoms with Crippen molar-refractivity contribution in [1.29, 1.82) is 0 Å². The van der Waals surface area contributed by atoms with E-state index in [0.29, 0.717) is 18.2 Å². The van der Waals surface area contributed by atoms with Gasteiger partial charge < -0.3 is 9.47 Å². The lowest BCUT2D eigenvalue weighted by atomic mass is 9.96. The maximum Gasteiger partial charge on any atom is 0.253 e. The topological polar surface area (TPSA) is 68.8 Å². The largest absolute Gasteiger partial charge is 0.338 e. The SMILES string of the molecule is CSc1nccn1-c1cccc(C(=O)N2CCCC(c3nncn3C(C)C)C2)c1. The van der Waals surface area contributed by atoms with Gasteiger partial charge in [0.1, 0.15) is 12.2 Å². The standard InChI is InChI=1S/C21H26N6OS/c1-15(2)27-14-23-24-19(27)17-7-5-10-25(13-17)20(28)16-6-4-8-18(12-16)26-11-9-22-21(26)29-3/h4,6,8-9,11-12,14-15,17H,5,7,10,13H2,1-3H3. The molecule has 3 heterocycles. The Morgan fingerprint density at radius 1 is 1.31 bits per heavy atom. The third kappa shape index (κ3) is 3.94. The number of piperidine rings is 1. The first kappa shape index (κ1) is 19.7. The van der Waals surface area contributed by atoms with Gasteiger partial charge in [0, 0.05) is 48.7 Å². The smallest absolute Gasteiger partial charge is 0.253 e. The zero-order valence-corrected chi connectivity index (χ0v) is 17.8. The third-order valence-corrected chi connectivity index (χ3v) is 6.06. The summed E-state index contributed by atoms with van der Waals surface area (Å²) in [5.74, 6) is 1.27. The van der Waals surface area contributed by atoms with Crippen molar-refractivity contribution >= 4 is 17.7 Å². The second-order valence-corrected chi connectivity index (χ2v) is 8.39.